The average Bonchev–Trinajstić information content (AvgIpc) is 2.64. The smallest absolute Gasteiger partial charge is 0.305 e. The zero-order valence-corrected chi connectivity index (χ0v) is 15.0. The fourth-order valence-corrected chi connectivity index (χ4v) is 2.49. The molecule has 0 saturated carbocycles. The zero-order valence-electron chi connectivity index (χ0n) is 15.0. The minimum atomic E-state index is -0.493. The number of hydrogen-bond acceptors (Lipinski definition) is 5. The topological polar surface area (TPSA) is 90.3 Å². The van der Waals surface area contributed by atoms with Crippen LogP contribution in [0, 0.1) is 6.92 Å². The van der Waals surface area contributed by atoms with Crippen LogP contribution in [-0.2, 0) is 9.53 Å². The first-order valence-corrected chi connectivity index (χ1v) is 8.54. The van der Waals surface area contributed by atoms with E-state index in [0.29, 0.717) is 31.5 Å². The number of methoxy groups -OCH3 is 1. The minimum Gasteiger partial charge on any atom is -0.469 e. The van der Waals surface area contributed by atoms with Crippen molar-refractivity contribution in [2.45, 2.75) is 32.6 Å². The highest BCUT2D eigenvalue weighted by Gasteiger charge is 2.14. The Hall–Kier alpha value is -2.96. The number of nitrogens with zero attached hydrogens (tertiary/aromatic N) is 2. The summed E-state index contributed by atoms with van der Waals surface area (Å²) in [5, 5.41) is 6.93. The highest BCUT2D eigenvalue weighted by molar-refractivity contribution is 5.92. The van der Waals surface area contributed by atoms with Crippen molar-refractivity contribution < 1.29 is 14.3 Å². The summed E-state index contributed by atoms with van der Waals surface area (Å²) >= 11 is 0. The van der Waals surface area contributed by atoms with Crippen LogP contribution in [0.3, 0.4) is 0 Å². The van der Waals surface area contributed by atoms with Crippen LogP contribution < -0.4 is 10.7 Å². The van der Waals surface area contributed by atoms with Gasteiger partial charge in [0.05, 0.1) is 12.8 Å². The van der Waals surface area contributed by atoms with Gasteiger partial charge in [0.2, 0.25) is 5.43 Å². The molecule has 0 atom stereocenters. The van der Waals surface area contributed by atoms with E-state index in [2.05, 4.69) is 15.2 Å². The third-order valence-corrected chi connectivity index (χ3v) is 3.89. The second kappa shape index (κ2) is 9.50. The molecule has 0 fully saturated rings. The van der Waals surface area contributed by atoms with Gasteiger partial charge in [0.15, 0.2) is 5.69 Å². The predicted octanol–water partition coefficient (Wildman–Crippen LogP) is 2.00. The van der Waals surface area contributed by atoms with Crippen LogP contribution in [0.4, 0.5) is 0 Å². The number of rotatable bonds is 8. The van der Waals surface area contributed by atoms with Crippen LogP contribution in [0.2, 0.25) is 0 Å². The van der Waals surface area contributed by atoms with Crippen molar-refractivity contribution in [2.75, 3.05) is 13.7 Å². The molecule has 7 heteroatoms. The normalized spacial score (nSPS) is 10.4. The zero-order chi connectivity index (χ0) is 18.9. The molecule has 1 heterocycles. The van der Waals surface area contributed by atoms with Gasteiger partial charge in [-0.1, -0.05) is 24.6 Å². The van der Waals surface area contributed by atoms with E-state index in [1.54, 1.807) is 11.6 Å². The number of carbonyl (C=O) groups is 2. The van der Waals surface area contributed by atoms with E-state index in [0.717, 1.165) is 12.1 Å². The van der Waals surface area contributed by atoms with Crippen LogP contribution in [0.5, 0.6) is 0 Å². The molecule has 0 aliphatic rings. The summed E-state index contributed by atoms with van der Waals surface area (Å²) in [5.41, 5.74) is 0.898. The number of ether oxygens (including phenoxy) is 1. The summed E-state index contributed by atoms with van der Waals surface area (Å²) in [4.78, 5) is 35.4. The van der Waals surface area contributed by atoms with E-state index in [1.807, 2.05) is 30.3 Å². The number of aromatic nitrogens is 2. The quantitative estimate of drug-likeness (QED) is 0.576. The molecule has 1 aromatic heterocycles. The van der Waals surface area contributed by atoms with Gasteiger partial charge in [-0.2, -0.15) is 5.10 Å². The Morgan fingerprint density at radius 3 is 2.58 bits per heavy atom. The third kappa shape index (κ3) is 5.27. The summed E-state index contributed by atoms with van der Waals surface area (Å²) in [6.45, 7) is 2.19. The molecule has 0 saturated heterocycles. The van der Waals surface area contributed by atoms with Gasteiger partial charge in [0, 0.05) is 24.7 Å². The van der Waals surface area contributed by atoms with Gasteiger partial charge in [0.1, 0.15) is 0 Å². The lowest BCUT2D eigenvalue weighted by Gasteiger charge is -2.11. The lowest BCUT2D eigenvalue weighted by Crippen LogP contribution is -2.32. The van der Waals surface area contributed by atoms with Gasteiger partial charge in [-0.3, -0.25) is 14.4 Å². The van der Waals surface area contributed by atoms with Crippen molar-refractivity contribution in [1.82, 2.24) is 15.1 Å². The molecule has 7 nitrogen and oxygen atoms in total. The van der Waals surface area contributed by atoms with E-state index in [4.69, 9.17) is 0 Å². The molecule has 1 N–H and O–H groups in total. The average molecular weight is 357 g/mol. The van der Waals surface area contributed by atoms with Gasteiger partial charge in [-0.05, 0) is 31.9 Å². The number of carbonyl (C=O) groups excluding carboxylic acids is 2. The van der Waals surface area contributed by atoms with Crippen molar-refractivity contribution >= 4 is 11.9 Å². The maximum Gasteiger partial charge on any atom is 0.305 e. The standard InChI is InChI=1S/C19H23N3O4/c1-14-13-16(23)18(21-22(14)15-9-5-3-6-10-15)19(25)20-12-8-4-7-11-17(24)26-2/h3,5-6,9-10,13H,4,7-8,11-12H2,1-2H3,(H,20,25). The summed E-state index contributed by atoms with van der Waals surface area (Å²) < 4.78 is 6.15. The maximum absolute atomic E-state index is 12.3. The second-order valence-corrected chi connectivity index (χ2v) is 5.89. The molecular formula is C19H23N3O4. The largest absolute Gasteiger partial charge is 0.469 e. The molecule has 0 aliphatic heterocycles. The molecule has 138 valence electrons. The van der Waals surface area contributed by atoms with E-state index in [9.17, 15) is 14.4 Å². The van der Waals surface area contributed by atoms with Crippen molar-refractivity contribution in [1.29, 1.82) is 0 Å². The van der Waals surface area contributed by atoms with Crippen molar-refractivity contribution in [2.24, 2.45) is 0 Å². The van der Waals surface area contributed by atoms with E-state index in [-0.39, 0.29) is 11.7 Å². The van der Waals surface area contributed by atoms with Gasteiger partial charge in [0.25, 0.3) is 5.91 Å². The number of esters is 1. The highest BCUT2D eigenvalue weighted by atomic mass is 16.5. The summed E-state index contributed by atoms with van der Waals surface area (Å²) in [6.07, 6.45) is 2.56. The maximum atomic E-state index is 12.3. The number of unbranched alkanes of at least 4 members (excludes halogenated alkanes) is 2. The Labute approximate surface area is 152 Å². The third-order valence-electron chi connectivity index (χ3n) is 3.89. The number of amides is 1. The lowest BCUT2D eigenvalue weighted by molar-refractivity contribution is -0.140. The first kappa shape index (κ1) is 19.4. The number of aryl methyl sites for hydroxylation is 1. The molecule has 0 bridgehead atoms. The first-order valence-electron chi connectivity index (χ1n) is 8.54. The van der Waals surface area contributed by atoms with Crippen molar-refractivity contribution in [3.05, 3.63) is 58.0 Å². The molecule has 1 amide bonds. The summed E-state index contributed by atoms with van der Waals surface area (Å²) in [5.74, 6) is -0.730. The van der Waals surface area contributed by atoms with E-state index >= 15 is 0 Å². The Morgan fingerprint density at radius 1 is 1.15 bits per heavy atom. The fourth-order valence-electron chi connectivity index (χ4n) is 2.49. The molecule has 26 heavy (non-hydrogen) atoms. The molecule has 2 rings (SSSR count). The van der Waals surface area contributed by atoms with E-state index < -0.39 is 11.3 Å². The van der Waals surface area contributed by atoms with Crippen LogP contribution in [0.15, 0.2) is 41.2 Å². The number of benzene rings is 1. The SMILES string of the molecule is COC(=O)CCCCCNC(=O)c1nn(-c2ccccc2)c(C)cc1=O. The van der Waals surface area contributed by atoms with Crippen LogP contribution in [0.25, 0.3) is 5.69 Å². The summed E-state index contributed by atoms with van der Waals surface area (Å²) in [6, 6.07) is 10.7. The van der Waals surface area contributed by atoms with Gasteiger partial charge in [-0.15, -0.1) is 0 Å². The predicted molar refractivity (Wildman–Crippen MR) is 97.4 cm³/mol. The molecule has 2 aromatic rings. The van der Waals surface area contributed by atoms with Crippen LogP contribution in [0.1, 0.15) is 41.9 Å². The number of para-hydroxylation sites is 1. The molecule has 0 aliphatic carbocycles. The monoisotopic (exact) mass is 357 g/mol. The summed E-state index contributed by atoms with van der Waals surface area (Å²) in [7, 11) is 1.36. The van der Waals surface area contributed by atoms with Gasteiger partial charge < -0.3 is 10.1 Å². The van der Waals surface area contributed by atoms with E-state index in [1.165, 1.54) is 13.2 Å². The second-order valence-electron chi connectivity index (χ2n) is 5.89. The molecule has 0 radical (unpaired) electrons. The minimum absolute atomic E-state index is 0.131. The molecule has 1 aromatic carbocycles. The van der Waals surface area contributed by atoms with Crippen molar-refractivity contribution in [3.8, 4) is 5.69 Å². The highest BCUT2D eigenvalue weighted by Crippen LogP contribution is 2.08. The number of hydrogen-bond donors (Lipinski definition) is 1. The fraction of sp³-hybridized carbons (Fsp3) is 0.368. The number of nitrogens with one attached hydrogen (secondary N) is 1. The first-order chi connectivity index (χ1) is 12.5. The Morgan fingerprint density at radius 2 is 1.88 bits per heavy atom. The van der Waals surface area contributed by atoms with Crippen LogP contribution in [-0.4, -0.2) is 35.3 Å². The lowest BCUT2D eigenvalue weighted by atomic mass is 10.2. The Balaban J connectivity index is 1.96. The Kier molecular flexibility index (Phi) is 7.08. The van der Waals surface area contributed by atoms with Crippen LogP contribution >= 0.6 is 0 Å². The van der Waals surface area contributed by atoms with Crippen molar-refractivity contribution in [3.63, 3.8) is 0 Å². The van der Waals surface area contributed by atoms with Gasteiger partial charge in [-0.25, -0.2) is 4.68 Å². The molecule has 0 unspecified atom stereocenters. The van der Waals surface area contributed by atoms with Gasteiger partial charge >= 0.3 is 5.97 Å². The molecule has 0 spiro atoms. The molecular weight excluding hydrogens is 334 g/mol. The Bertz CT molecular complexity index is 815.